The number of hydrogen-bond acceptors (Lipinski definition) is 3. The van der Waals surface area contributed by atoms with E-state index in [2.05, 4.69) is 24.1 Å². The Morgan fingerprint density at radius 3 is 2.81 bits per heavy atom. The normalized spacial score (nSPS) is 11.8. The molecule has 1 amide bonds. The standard InChI is InChI=1S/C12H16N2OS/c1-4-5-6-7-11(15)14-12-13-10(8-16-12)9(2)3/h4-9H,1-3H3,(H,13,14,15). The summed E-state index contributed by atoms with van der Waals surface area (Å²) in [5, 5.41) is 5.34. The fourth-order valence-corrected chi connectivity index (χ4v) is 1.88. The van der Waals surface area contributed by atoms with E-state index in [0.717, 1.165) is 5.69 Å². The molecule has 86 valence electrons. The number of amides is 1. The molecule has 0 aliphatic carbocycles. The summed E-state index contributed by atoms with van der Waals surface area (Å²) < 4.78 is 0. The number of anilines is 1. The van der Waals surface area contributed by atoms with Crippen molar-refractivity contribution < 1.29 is 4.79 Å². The molecular formula is C12H16N2OS. The minimum atomic E-state index is -0.150. The van der Waals surface area contributed by atoms with Crippen LogP contribution in [0.25, 0.3) is 0 Å². The minimum absolute atomic E-state index is 0.150. The highest BCUT2D eigenvalue weighted by Gasteiger charge is 2.06. The lowest BCUT2D eigenvalue weighted by atomic mass is 10.2. The van der Waals surface area contributed by atoms with Gasteiger partial charge in [-0.05, 0) is 12.8 Å². The smallest absolute Gasteiger partial charge is 0.250 e. The first-order valence-corrected chi connectivity index (χ1v) is 6.07. The van der Waals surface area contributed by atoms with E-state index in [0.29, 0.717) is 11.0 Å². The van der Waals surface area contributed by atoms with E-state index < -0.39 is 0 Å². The molecule has 1 aromatic rings. The van der Waals surface area contributed by atoms with Gasteiger partial charge in [0.25, 0.3) is 0 Å². The van der Waals surface area contributed by atoms with E-state index >= 15 is 0 Å². The van der Waals surface area contributed by atoms with Gasteiger partial charge < -0.3 is 0 Å². The average Bonchev–Trinajstić information content (AvgIpc) is 2.66. The molecule has 1 heterocycles. The molecule has 0 aromatic carbocycles. The van der Waals surface area contributed by atoms with Gasteiger partial charge in [0, 0.05) is 11.5 Å². The maximum atomic E-state index is 11.4. The zero-order chi connectivity index (χ0) is 12.0. The van der Waals surface area contributed by atoms with E-state index in [-0.39, 0.29) is 5.91 Å². The van der Waals surface area contributed by atoms with Crippen molar-refractivity contribution in [3.05, 3.63) is 35.4 Å². The Balaban J connectivity index is 2.56. The molecule has 1 N–H and O–H groups in total. The number of carbonyl (C=O) groups is 1. The van der Waals surface area contributed by atoms with Crippen LogP contribution in [0.3, 0.4) is 0 Å². The highest BCUT2D eigenvalue weighted by atomic mass is 32.1. The van der Waals surface area contributed by atoms with Crippen molar-refractivity contribution >= 4 is 22.4 Å². The molecule has 0 aliphatic rings. The van der Waals surface area contributed by atoms with Crippen LogP contribution in [0.1, 0.15) is 32.4 Å². The lowest BCUT2D eigenvalue weighted by Gasteiger charge is -1.97. The minimum Gasteiger partial charge on any atom is -0.298 e. The fourth-order valence-electron chi connectivity index (χ4n) is 1.01. The summed E-state index contributed by atoms with van der Waals surface area (Å²) in [5.74, 6) is 0.239. The third kappa shape index (κ3) is 3.98. The van der Waals surface area contributed by atoms with Crippen molar-refractivity contribution in [1.82, 2.24) is 4.98 Å². The fraction of sp³-hybridized carbons (Fsp3) is 0.333. The number of nitrogens with zero attached hydrogens (tertiary/aromatic N) is 1. The predicted molar refractivity (Wildman–Crippen MR) is 68.8 cm³/mol. The number of nitrogens with one attached hydrogen (secondary N) is 1. The van der Waals surface area contributed by atoms with Gasteiger partial charge in [0.15, 0.2) is 5.13 Å². The molecule has 0 atom stereocenters. The third-order valence-electron chi connectivity index (χ3n) is 1.89. The van der Waals surface area contributed by atoms with E-state index in [1.807, 2.05) is 18.4 Å². The van der Waals surface area contributed by atoms with Crippen LogP contribution in [0.2, 0.25) is 0 Å². The number of hydrogen-bond donors (Lipinski definition) is 1. The monoisotopic (exact) mass is 236 g/mol. The van der Waals surface area contributed by atoms with Crippen molar-refractivity contribution in [3.8, 4) is 0 Å². The van der Waals surface area contributed by atoms with Gasteiger partial charge in [0.1, 0.15) is 0 Å². The molecule has 0 radical (unpaired) electrons. The van der Waals surface area contributed by atoms with Crippen LogP contribution in [0, 0.1) is 0 Å². The topological polar surface area (TPSA) is 42.0 Å². The molecule has 0 spiro atoms. The van der Waals surface area contributed by atoms with Crippen LogP contribution >= 0.6 is 11.3 Å². The number of rotatable bonds is 4. The number of allylic oxidation sites excluding steroid dienone is 3. The second-order valence-corrected chi connectivity index (χ2v) is 4.46. The highest BCUT2D eigenvalue weighted by Crippen LogP contribution is 2.21. The van der Waals surface area contributed by atoms with E-state index in [1.54, 1.807) is 12.2 Å². The maximum Gasteiger partial charge on any atom is 0.250 e. The van der Waals surface area contributed by atoms with Gasteiger partial charge in [-0.15, -0.1) is 11.3 Å². The third-order valence-corrected chi connectivity index (χ3v) is 2.67. The van der Waals surface area contributed by atoms with Crippen molar-refractivity contribution in [1.29, 1.82) is 0 Å². The lowest BCUT2D eigenvalue weighted by molar-refractivity contribution is -0.111. The molecule has 0 bridgehead atoms. The molecule has 1 rings (SSSR count). The van der Waals surface area contributed by atoms with Crippen molar-refractivity contribution in [2.24, 2.45) is 0 Å². The van der Waals surface area contributed by atoms with Gasteiger partial charge in [-0.3, -0.25) is 10.1 Å². The van der Waals surface area contributed by atoms with Crippen LogP contribution in [0.4, 0.5) is 5.13 Å². The van der Waals surface area contributed by atoms with E-state index in [1.165, 1.54) is 17.4 Å². The van der Waals surface area contributed by atoms with Gasteiger partial charge in [-0.1, -0.05) is 32.1 Å². The molecule has 0 unspecified atom stereocenters. The van der Waals surface area contributed by atoms with Crippen molar-refractivity contribution in [3.63, 3.8) is 0 Å². The first kappa shape index (κ1) is 12.6. The van der Waals surface area contributed by atoms with Gasteiger partial charge in [0.2, 0.25) is 5.91 Å². The zero-order valence-corrected chi connectivity index (χ0v) is 10.5. The molecule has 0 saturated carbocycles. The second kappa shape index (κ2) is 6.23. The summed E-state index contributed by atoms with van der Waals surface area (Å²) in [4.78, 5) is 15.7. The van der Waals surface area contributed by atoms with Gasteiger partial charge >= 0.3 is 0 Å². The van der Waals surface area contributed by atoms with Crippen LogP contribution < -0.4 is 5.32 Å². The van der Waals surface area contributed by atoms with Crippen LogP contribution in [0.15, 0.2) is 29.7 Å². The quantitative estimate of drug-likeness (QED) is 0.643. The van der Waals surface area contributed by atoms with Gasteiger partial charge in [-0.25, -0.2) is 4.98 Å². The van der Waals surface area contributed by atoms with Crippen LogP contribution in [-0.4, -0.2) is 10.9 Å². The first-order chi connectivity index (χ1) is 7.63. The Kier molecular flexibility index (Phi) is 4.92. The summed E-state index contributed by atoms with van der Waals surface area (Å²) in [6, 6.07) is 0. The summed E-state index contributed by atoms with van der Waals surface area (Å²) in [7, 11) is 0. The van der Waals surface area contributed by atoms with Crippen LogP contribution in [0.5, 0.6) is 0 Å². The Morgan fingerprint density at radius 1 is 1.50 bits per heavy atom. The van der Waals surface area contributed by atoms with Crippen LogP contribution in [-0.2, 0) is 4.79 Å². The van der Waals surface area contributed by atoms with Crippen molar-refractivity contribution in [2.75, 3.05) is 5.32 Å². The van der Waals surface area contributed by atoms with Crippen molar-refractivity contribution in [2.45, 2.75) is 26.7 Å². The molecule has 0 saturated heterocycles. The molecular weight excluding hydrogens is 220 g/mol. The lowest BCUT2D eigenvalue weighted by Crippen LogP contribution is -2.07. The summed E-state index contributed by atoms with van der Waals surface area (Å²) >= 11 is 1.45. The molecule has 0 aliphatic heterocycles. The Labute approximate surface area is 99.9 Å². The SMILES string of the molecule is CC=CC=CC(=O)Nc1nc(C(C)C)cs1. The average molecular weight is 236 g/mol. The summed E-state index contributed by atoms with van der Waals surface area (Å²) in [5.41, 5.74) is 1.01. The zero-order valence-electron chi connectivity index (χ0n) is 9.73. The maximum absolute atomic E-state index is 11.4. The number of carbonyl (C=O) groups excluding carboxylic acids is 1. The molecule has 0 fully saturated rings. The molecule has 1 aromatic heterocycles. The number of thiazole rings is 1. The largest absolute Gasteiger partial charge is 0.298 e. The Bertz CT molecular complexity index is 405. The number of aromatic nitrogens is 1. The first-order valence-electron chi connectivity index (χ1n) is 5.19. The predicted octanol–water partition coefficient (Wildman–Crippen LogP) is 3.34. The Hall–Kier alpha value is -1.42. The van der Waals surface area contributed by atoms with Gasteiger partial charge in [-0.2, -0.15) is 0 Å². The highest BCUT2D eigenvalue weighted by molar-refractivity contribution is 7.13. The van der Waals surface area contributed by atoms with E-state index in [4.69, 9.17) is 0 Å². The molecule has 3 nitrogen and oxygen atoms in total. The second-order valence-electron chi connectivity index (χ2n) is 3.61. The summed E-state index contributed by atoms with van der Waals surface area (Å²) in [6.07, 6.45) is 6.85. The van der Waals surface area contributed by atoms with Gasteiger partial charge in [0.05, 0.1) is 5.69 Å². The molecule has 16 heavy (non-hydrogen) atoms. The molecule has 4 heteroatoms. The summed E-state index contributed by atoms with van der Waals surface area (Å²) in [6.45, 7) is 6.05. The Morgan fingerprint density at radius 2 is 2.25 bits per heavy atom. The van der Waals surface area contributed by atoms with E-state index in [9.17, 15) is 4.79 Å².